The summed E-state index contributed by atoms with van der Waals surface area (Å²) in [5.41, 5.74) is 0.566. The minimum Gasteiger partial charge on any atom is -0.326 e. The van der Waals surface area contributed by atoms with E-state index in [4.69, 9.17) is 0 Å². The van der Waals surface area contributed by atoms with Gasteiger partial charge in [-0.05, 0) is 65.5 Å². The first-order valence-corrected chi connectivity index (χ1v) is 13.3. The highest BCUT2D eigenvalue weighted by Crippen LogP contribution is 2.36. The van der Waals surface area contributed by atoms with Gasteiger partial charge < -0.3 is 4.89 Å². The van der Waals surface area contributed by atoms with Crippen LogP contribution in [-0.4, -0.2) is 6.36 Å². The third-order valence-corrected chi connectivity index (χ3v) is 7.56. The third kappa shape index (κ3) is 7.22. The molecule has 0 radical (unpaired) electrons. The Balaban J connectivity index is 1.41. The molecule has 1 saturated carbocycles. The van der Waals surface area contributed by atoms with E-state index in [0.717, 1.165) is 18.4 Å². The first-order chi connectivity index (χ1) is 18.1. The SMILES string of the molecule is CCCCCC1CCC(CCc2cc(F)c(-c3ccc4c(F)c(OOC(F)(F)F)ccc4c3)c(F)c2)CC1. The minimum atomic E-state index is -5.10. The number of halogens is 6. The van der Waals surface area contributed by atoms with Crippen LogP contribution in [0.4, 0.5) is 26.3 Å². The van der Waals surface area contributed by atoms with Crippen molar-refractivity contribution >= 4 is 10.8 Å². The van der Waals surface area contributed by atoms with Crippen LogP contribution in [0.3, 0.4) is 0 Å². The van der Waals surface area contributed by atoms with Gasteiger partial charge in [-0.25, -0.2) is 13.2 Å². The summed E-state index contributed by atoms with van der Waals surface area (Å²) in [5, 5.41) is 0.169. The minimum absolute atomic E-state index is 0.0745. The van der Waals surface area contributed by atoms with Gasteiger partial charge in [-0.15, -0.1) is 13.2 Å². The Morgan fingerprint density at radius 3 is 2.11 bits per heavy atom. The molecule has 0 spiro atoms. The van der Waals surface area contributed by atoms with Crippen molar-refractivity contribution in [2.45, 2.75) is 77.5 Å². The average Bonchev–Trinajstić information content (AvgIpc) is 2.87. The largest absolute Gasteiger partial charge is 0.558 e. The van der Waals surface area contributed by atoms with E-state index in [1.54, 1.807) is 0 Å². The Kier molecular flexibility index (Phi) is 9.23. The summed E-state index contributed by atoms with van der Waals surface area (Å²) < 4.78 is 81.3. The fourth-order valence-corrected chi connectivity index (χ4v) is 5.49. The highest BCUT2D eigenvalue weighted by molar-refractivity contribution is 5.89. The van der Waals surface area contributed by atoms with E-state index >= 15 is 8.78 Å². The van der Waals surface area contributed by atoms with E-state index in [0.29, 0.717) is 17.9 Å². The Hall–Kier alpha value is -2.74. The Labute approximate surface area is 218 Å². The molecule has 4 rings (SSSR count). The van der Waals surface area contributed by atoms with Gasteiger partial charge in [0.25, 0.3) is 0 Å². The van der Waals surface area contributed by atoms with E-state index in [9.17, 15) is 17.6 Å². The number of alkyl halides is 3. The number of fused-ring (bicyclic) bond motifs is 1. The van der Waals surface area contributed by atoms with Crippen molar-refractivity contribution in [1.29, 1.82) is 0 Å². The summed E-state index contributed by atoms with van der Waals surface area (Å²) in [6.07, 6.45) is 6.36. The molecule has 0 aromatic heterocycles. The highest BCUT2D eigenvalue weighted by Gasteiger charge is 2.32. The number of unbranched alkanes of at least 4 members (excludes halogenated alkanes) is 2. The van der Waals surface area contributed by atoms with Crippen LogP contribution >= 0.6 is 0 Å². The molecule has 8 heteroatoms. The van der Waals surface area contributed by atoms with Gasteiger partial charge in [0.1, 0.15) is 11.6 Å². The molecule has 0 heterocycles. The predicted octanol–water partition coefficient (Wildman–Crippen LogP) is 10.1. The van der Waals surface area contributed by atoms with Crippen LogP contribution in [0, 0.1) is 29.3 Å². The van der Waals surface area contributed by atoms with Crippen molar-refractivity contribution < 1.29 is 36.1 Å². The summed E-state index contributed by atoms with van der Waals surface area (Å²) >= 11 is 0. The Morgan fingerprint density at radius 1 is 0.816 bits per heavy atom. The second kappa shape index (κ2) is 12.4. The molecule has 0 saturated heterocycles. The van der Waals surface area contributed by atoms with Crippen molar-refractivity contribution in [2.24, 2.45) is 11.8 Å². The lowest BCUT2D eigenvalue weighted by molar-refractivity contribution is -0.445. The molecule has 3 aromatic rings. The quantitative estimate of drug-likeness (QED) is 0.111. The van der Waals surface area contributed by atoms with E-state index in [2.05, 4.69) is 16.7 Å². The van der Waals surface area contributed by atoms with Gasteiger partial charge in [0, 0.05) is 5.39 Å². The number of benzene rings is 3. The molecule has 1 fully saturated rings. The predicted molar refractivity (Wildman–Crippen MR) is 135 cm³/mol. The molecule has 0 N–H and O–H groups in total. The smallest absolute Gasteiger partial charge is 0.326 e. The fraction of sp³-hybridized carbons (Fsp3) is 0.467. The van der Waals surface area contributed by atoms with Crippen molar-refractivity contribution in [3.63, 3.8) is 0 Å². The highest BCUT2D eigenvalue weighted by atomic mass is 19.4. The van der Waals surface area contributed by atoms with Gasteiger partial charge in [0.2, 0.25) is 5.75 Å². The lowest BCUT2D eigenvalue weighted by Crippen LogP contribution is -2.16. The lowest BCUT2D eigenvalue weighted by Gasteiger charge is -2.28. The van der Waals surface area contributed by atoms with Crippen LogP contribution in [0.5, 0.6) is 5.75 Å². The zero-order chi connectivity index (χ0) is 27.3. The van der Waals surface area contributed by atoms with E-state index in [1.807, 2.05) is 0 Å². The monoisotopic (exact) mass is 538 g/mol. The number of hydrogen-bond acceptors (Lipinski definition) is 2. The van der Waals surface area contributed by atoms with Crippen molar-refractivity contribution in [2.75, 3.05) is 0 Å². The third-order valence-electron chi connectivity index (χ3n) is 7.56. The van der Waals surface area contributed by atoms with Gasteiger partial charge in [-0.2, -0.15) is 0 Å². The van der Waals surface area contributed by atoms with Crippen LogP contribution in [0.1, 0.15) is 70.3 Å². The van der Waals surface area contributed by atoms with Crippen LogP contribution < -0.4 is 4.89 Å². The standard InChI is InChI=1S/C30H32F6O2/c1-2-3-4-5-19-6-8-20(9-7-19)10-11-21-16-25(31)28(26(32)17-21)23-12-14-24-22(18-23)13-15-27(29(24)33)37-38-30(34,35)36/h12-20H,2-11H2,1H3. The molecule has 2 nitrogen and oxygen atoms in total. The van der Waals surface area contributed by atoms with E-state index < -0.39 is 29.6 Å². The molecular formula is C30H32F6O2. The molecule has 1 aliphatic rings. The second-order valence-electron chi connectivity index (χ2n) is 10.3. The van der Waals surface area contributed by atoms with Crippen molar-refractivity contribution in [3.8, 4) is 16.9 Å². The molecule has 0 unspecified atom stereocenters. The normalized spacial score (nSPS) is 18.2. The molecule has 0 aliphatic heterocycles. The summed E-state index contributed by atoms with van der Waals surface area (Å²) in [6.45, 7) is 2.22. The zero-order valence-electron chi connectivity index (χ0n) is 21.4. The second-order valence-corrected chi connectivity index (χ2v) is 10.3. The molecule has 3 aromatic carbocycles. The number of aryl methyl sites for hydroxylation is 1. The summed E-state index contributed by atoms with van der Waals surface area (Å²) in [6, 6.07) is 8.90. The molecule has 38 heavy (non-hydrogen) atoms. The first-order valence-electron chi connectivity index (χ1n) is 13.3. The summed E-state index contributed by atoms with van der Waals surface area (Å²) in [5.74, 6) is -1.86. The summed E-state index contributed by atoms with van der Waals surface area (Å²) in [4.78, 5) is 7.27. The van der Waals surface area contributed by atoms with Crippen LogP contribution in [-0.2, 0) is 11.3 Å². The van der Waals surface area contributed by atoms with Gasteiger partial charge >= 0.3 is 6.36 Å². The topological polar surface area (TPSA) is 18.5 Å². The first kappa shape index (κ1) is 28.3. The van der Waals surface area contributed by atoms with Gasteiger partial charge in [0.15, 0.2) is 5.82 Å². The van der Waals surface area contributed by atoms with Gasteiger partial charge in [0.05, 0.1) is 5.56 Å². The molecule has 1 aliphatic carbocycles. The maximum atomic E-state index is 15.1. The van der Waals surface area contributed by atoms with Crippen LogP contribution in [0.15, 0.2) is 42.5 Å². The average molecular weight is 539 g/mol. The van der Waals surface area contributed by atoms with Gasteiger partial charge in [-0.3, -0.25) is 0 Å². The van der Waals surface area contributed by atoms with Crippen LogP contribution in [0.2, 0.25) is 0 Å². The number of hydrogen-bond donors (Lipinski definition) is 0. The van der Waals surface area contributed by atoms with Crippen molar-refractivity contribution in [1.82, 2.24) is 0 Å². The molecule has 0 amide bonds. The van der Waals surface area contributed by atoms with E-state index in [-0.39, 0.29) is 21.9 Å². The molecule has 0 bridgehead atoms. The zero-order valence-corrected chi connectivity index (χ0v) is 21.4. The Morgan fingerprint density at radius 2 is 1.47 bits per heavy atom. The maximum Gasteiger partial charge on any atom is 0.558 e. The van der Waals surface area contributed by atoms with Crippen molar-refractivity contribution in [3.05, 3.63) is 65.5 Å². The fourth-order valence-electron chi connectivity index (χ4n) is 5.49. The lowest BCUT2D eigenvalue weighted by atomic mass is 9.77. The number of rotatable bonds is 10. The van der Waals surface area contributed by atoms with Gasteiger partial charge in [-0.1, -0.05) is 81.4 Å². The summed E-state index contributed by atoms with van der Waals surface area (Å²) in [7, 11) is 0. The van der Waals surface area contributed by atoms with Crippen LogP contribution in [0.25, 0.3) is 21.9 Å². The molecule has 0 atom stereocenters. The molecule has 206 valence electrons. The molecular weight excluding hydrogens is 506 g/mol. The maximum absolute atomic E-state index is 15.1. The Bertz CT molecular complexity index is 1210. The van der Waals surface area contributed by atoms with E-state index in [1.165, 1.54) is 87.8 Å².